The highest BCUT2D eigenvalue weighted by molar-refractivity contribution is 7.25. The molecule has 1 aliphatic heterocycles. The molecule has 0 saturated heterocycles. The SMILES string of the molecule is OB(O)c1cc2c(s1)-c1nc(Cl)ccc1OCC2. The second-order valence-corrected chi connectivity index (χ2v) is 5.43. The van der Waals surface area contributed by atoms with E-state index in [2.05, 4.69) is 4.98 Å². The minimum absolute atomic E-state index is 0.393. The summed E-state index contributed by atoms with van der Waals surface area (Å²) in [5, 5.41) is 18.9. The van der Waals surface area contributed by atoms with Gasteiger partial charge in [-0.2, -0.15) is 0 Å². The molecular formula is C11H9BClNO3S. The number of nitrogens with zero attached hydrogens (tertiary/aromatic N) is 1. The van der Waals surface area contributed by atoms with Gasteiger partial charge in [-0.1, -0.05) is 11.6 Å². The summed E-state index contributed by atoms with van der Waals surface area (Å²) in [4.78, 5) is 5.17. The first-order chi connectivity index (χ1) is 8.65. The number of pyridine rings is 1. The second-order valence-electron chi connectivity index (χ2n) is 3.96. The van der Waals surface area contributed by atoms with Crippen molar-refractivity contribution in [1.29, 1.82) is 0 Å². The highest BCUT2D eigenvalue weighted by Crippen LogP contribution is 2.37. The zero-order valence-electron chi connectivity index (χ0n) is 9.26. The molecule has 0 bridgehead atoms. The monoisotopic (exact) mass is 281 g/mol. The van der Waals surface area contributed by atoms with E-state index in [9.17, 15) is 10.0 Å². The summed E-state index contributed by atoms with van der Waals surface area (Å²) in [5.41, 5.74) is 1.68. The van der Waals surface area contributed by atoms with Gasteiger partial charge in [0.15, 0.2) is 0 Å². The van der Waals surface area contributed by atoms with Crippen molar-refractivity contribution in [2.75, 3.05) is 6.61 Å². The van der Waals surface area contributed by atoms with Crippen LogP contribution in [0, 0.1) is 0 Å². The number of ether oxygens (including phenoxy) is 1. The molecular weight excluding hydrogens is 272 g/mol. The third kappa shape index (κ3) is 2.01. The average molecular weight is 282 g/mol. The lowest BCUT2D eigenvalue weighted by Crippen LogP contribution is -2.26. The van der Waals surface area contributed by atoms with E-state index in [0.29, 0.717) is 34.4 Å². The summed E-state index contributed by atoms with van der Waals surface area (Å²) < 4.78 is 6.11. The van der Waals surface area contributed by atoms with E-state index in [1.165, 1.54) is 11.3 Å². The predicted octanol–water partition coefficient (Wildman–Crippen LogP) is 1.08. The van der Waals surface area contributed by atoms with Gasteiger partial charge >= 0.3 is 7.12 Å². The van der Waals surface area contributed by atoms with Gasteiger partial charge in [-0.05, 0) is 23.8 Å². The molecule has 0 spiro atoms. The van der Waals surface area contributed by atoms with E-state index in [1.807, 2.05) is 0 Å². The molecule has 2 N–H and O–H groups in total. The third-order valence-electron chi connectivity index (χ3n) is 2.75. The van der Waals surface area contributed by atoms with Gasteiger partial charge in [0.2, 0.25) is 0 Å². The predicted molar refractivity (Wildman–Crippen MR) is 71.6 cm³/mol. The molecule has 0 amide bonds. The Labute approximate surface area is 113 Å². The maximum Gasteiger partial charge on any atom is 0.499 e. The molecule has 0 fully saturated rings. The highest BCUT2D eigenvalue weighted by atomic mass is 35.5. The number of fused-ring (bicyclic) bond motifs is 3. The summed E-state index contributed by atoms with van der Waals surface area (Å²) in [6.07, 6.45) is 0.715. The van der Waals surface area contributed by atoms with Gasteiger partial charge in [0.25, 0.3) is 0 Å². The normalized spacial score (nSPS) is 13.3. The van der Waals surface area contributed by atoms with Crippen molar-refractivity contribution in [2.45, 2.75) is 6.42 Å². The number of rotatable bonds is 1. The molecule has 18 heavy (non-hydrogen) atoms. The van der Waals surface area contributed by atoms with Crippen LogP contribution in [0.4, 0.5) is 0 Å². The molecule has 0 atom stereocenters. The second kappa shape index (κ2) is 4.55. The van der Waals surface area contributed by atoms with Crippen LogP contribution in [0.5, 0.6) is 5.75 Å². The molecule has 0 aromatic carbocycles. The van der Waals surface area contributed by atoms with Crippen molar-refractivity contribution in [2.24, 2.45) is 0 Å². The van der Waals surface area contributed by atoms with Gasteiger partial charge in [-0.15, -0.1) is 11.3 Å². The van der Waals surface area contributed by atoms with Gasteiger partial charge in [-0.25, -0.2) is 4.98 Å². The molecule has 0 aliphatic carbocycles. The largest absolute Gasteiger partial charge is 0.499 e. The van der Waals surface area contributed by atoms with E-state index in [1.54, 1.807) is 18.2 Å². The lowest BCUT2D eigenvalue weighted by Gasteiger charge is -2.05. The quantitative estimate of drug-likeness (QED) is 0.606. The first-order valence-electron chi connectivity index (χ1n) is 5.43. The van der Waals surface area contributed by atoms with E-state index in [4.69, 9.17) is 16.3 Å². The Morgan fingerprint density at radius 2 is 2.22 bits per heavy atom. The van der Waals surface area contributed by atoms with Gasteiger partial charge in [0.1, 0.15) is 16.6 Å². The van der Waals surface area contributed by atoms with Crippen LogP contribution < -0.4 is 9.51 Å². The Morgan fingerprint density at radius 1 is 1.39 bits per heavy atom. The van der Waals surface area contributed by atoms with Crippen molar-refractivity contribution < 1.29 is 14.8 Å². The Morgan fingerprint density at radius 3 is 3.00 bits per heavy atom. The standard InChI is InChI=1S/C11H9BClNO3S/c13-9-2-1-7-10(14-9)11-6(3-4-17-7)5-8(18-11)12(15)16/h1-2,5,15-16H,3-4H2. The smallest absolute Gasteiger partial charge is 0.491 e. The Balaban J connectivity index is 2.19. The maximum absolute atomic E-state index is 9.23. The molecule has 1 aliphatic rings. The summed E-state index contributed by atoms with van der Waals surface area (Å²) in [6, 6.07) is 5.25. The Hall–Kier alpha value is -1.08. The van der Waals surface area contributed by atoms with Crippen LogP contribution in [0.15, 0.2) is 18.2 Å². The van der Waals surface area contributed by atoms with E-state index in [-0.39, 0.29) is 0 Å². The lowest BCUT2D eigenvalue weighted by molar-refractivity contribution is 0.325. The highest BCUT2D eigenvalue weighted by Gasteiger charge is 2.24. The number of hydrogen-bond acceptors (Lipinski definition) is 5. The maximum atomic E-state index is 9.23. The average Bonchev–Trinajstić information content (AvgIpc) is 2.68. The summed E-state index contributed by atoms with van der Waals surface area (Å²) in [6.45, 7) is 0.543. The van der Waals surface area contributed by atoms with Gasteiger partial charge in [0.05, 0.1) is 11.5 Å². The van der Waals surface area contributed by atoms with Crippen LogP contribution in [-0.2, 0) is 6.42 Å². The zero-order valence-corrected chi connectivity index (χ0v) is 10.8. The lowest BCUT2D eigenvalue weighted by atomic mass is 9.88. The zero-order chi connectivity index (χ0) is 12.7. The van der Waals surface area contributed by atoms with Crippen molar-refractivity contribution >= 4 is 34.8 Å². The van der Waals surface area contributed by atoms with Crippen LogP contribution >= 0.6 is 22.9 Å². The number of aromatic nitrogens is 1. The van der Waals surface area contributed by atoms with E-state index >= 15 is 0 Å². The summed E-state index contributed by atoms with van der Waals surface area (Å²) in [7, 11) is -1.45. The van der Waals surface area contributed by atoms with E-state index in [0.717, 1.165) is 10.4 Å². The molecule has 4 nitrogen and oxygen atoms in total. The number of halogens is 1. The third-order valence-corrected chi connectivity index (χ3v) is 4.19. The fraction of sp³-hybridized carbons (Fsp3) is 0.182. The van der Waals surface area contributed by atoms with E-state index < -0.39 is 7.12 Å². The minimum atomic E-state index is -1.45. The first-order valence-corrected chi connectivity index (χ1v) is 6.63. The Kier molecular flexibility index (Phi) is 3.03. The topological polar surface area (TPSA) is 62.6 Å². The fourth-order valence-electron chi connectivity index (χ4n) is 1.94. The molecule has 92 valence electrons. The van der Waals surface area contributed by atoms with Crippen LogP contribution in [0.25, 0.3) is 10.6 Å². The fourth-order valence-corrected chi connectivity index (χ4v) is 3.16. The van der Waals surface area contributed by atoms with Crippen molar-refractivity contribution in [3.63, 3.8) is 0 Å². The molecule has 3 heterocycles. The molecule has 2 aromatic heterocycles. The van der Waals surface area contributed by atoms with Gasteiger partial charge in [-0.3, -0.25) is 0 Å². The molecule has 3 rings (SSSR count). The summed E-state index contributed by atoms with van der Waals surface area (Å²) >= 11 is 7.21. The Bertz CT molecular complexity index is 602. The van der Waals surface area contributed by atoms with Crippen LogP contribution in [0.1, 0.15) is 5.56 Å². The van der Waals surface area contributed by atoms with Gasteiger partial charge in [0, 0.05) is 11.2 Å². The van der Waals surface area contributed by atoms with Crippen molar-refractivity contribution in [3.05, 3.63) is 28.9 Å². The first kappa shape index (κ1) is 12.0. The molecule has 2 aromatic rings. The van der Waals surface area contributed by atoms with Crippen molar-refractivity contribution in [3.8, 4) is 16.3 Å². The summed E-state index contributed by atoms with van der Waals surface area (Å²) in [5.74, 6) is 0.680. The molecule has 0 unspecified atom stereocenters. The van der Waals surface area contributed by atoms with Crippen LogP contribution in [-0.4, -0.2) is 28.8 Å². The minimum Gasteiger partial charge on any atom is -0.491 e. The van der Waals surface area contributed by atoms with Crippen LogP contribution in [0.2, 0.25) is 5.15 Å². The molecule has 0 radical (unpaired) electrons. The van der Waals surface area contributed by atoms with Gasteiger partial charge < -0.3 is 14.8 Å². The molecule has 0 saturated carbocycles. The number of thiophene rings is 1. The number of hydrogen-bond donors (Lipinski definition) is 2. The molecule has 7 heteroatoms. The van der Waals surface area contributed by atoms with Crippen LogP contribution in [0.3, 0.4) is 0 Å². The van der Waals surface area contributed by atoms with Crippen molar-refractivity contribution in [1.82, 2.24) is 4.98 Å².